The van der Waals surface area contributed by atoms with Crippen molar-refractivity contribution in [2.75, 3.05) is 18.9 Å². The molecule has 0 saturated heterocycles. The van der Waals surface area contributed by atoms with Gasteiger partial charge in [-0.1, -0.05) is 5.16 Å². The Labute approximate surface area is 236 Å². The van der Waals surface area contributed by atoms with E-state index in [1.165, 1.54) is 32.4 Å². The molecule has 2 aromatic carbocycles. The zero-order chi connectivity index (χ0) is 29.5. The minimum atomic E-state index is -4.17. The van der Waals surface area contributed by atoms with Crippen LogP contribution in [0.1, 0.15) is 43.2 Å². The maximum atomic E-state index is 13.2. The zero-order valence-electron chi connectivity index (χ0n) is 23.1. The van der Waals surface area contributed by atoms with Crippen molar-refractivity contribution in [1.82, 2.24) is 19.8 Å². The summed E-state index contributed by atoms with van der Waals surface area (Å²) in [5.41, 5.74) is 2.53. The van der Waals surface area contributed by atoms with E-state index in [9.17, 15) is 13.2 Å². The van der Waals surface area contributed by atoms with Crippen molar-refractivity contribution < 1.29 is 31.9 Å². The molecule has 1 N–H and O–H groups in total. The predicted octanol–water partition coefficient (Wildman–Crippen LogP) is 4.01. The first-order valence-electron chi connectivity index (χ1n) is 12.5. The van der Waals surface area contributed by atoms with Crippen molar-refractivity contribution in [2.24, 2.45) is 0 Å². The quantitative estimate of drug-likeness (QED) is 0.338. The molecule has 0 radical (unpaired) electrons. The number of aromatic nitrogens is 3. The Kier molecular flexibility index (Phi) is 7.00. The molecule has 1 aliphatic rings. The third-order valence-electron chi connectivity index (χ3n) is 6.35. The van der Waals surface area contributed by atoms with Crippen LogP contribution in [0.15, 0.2) is 45.9 Å². The molecule has 1 aliphatic heterocycles. The molecule has 0 aliphatic carbocycles. The first-order valence-corrected chi connectivity index (χ1v) is 14.0. The first kappa shape index (κ1) is 27.8. The number of rotatable bonds is 7. The minimum absolute atomic E-state index is 0.00981. The van der Waals surface area contributed by atoms with Gasteiger partial charge in [0.15, 0.2) is 11.4 Å². The fourth-order valence-corrected chi connectivity index (χ4v) is 5.68. The summed E-state index contributed by atoms with van der Waals surface area (Å²) in [7, 11) is -1.40. The van der Waals surface area contributed by atoms with Crippen molar-refractivity contribution in [2.45, 2.75) is 50.9 Å². The molecule has 0 saturated carbocycles. The van der Waals surface area contributed by atoms with Gasteiger partial charge in [-0.05, 0) is 56.7 Å². The molecular weight excluding hydrogens is 552 g/mol. The second kappa shape index (κ2) is 10.3. The molecule has 214 valence electrons. The highest BCUT2D eigenvalue weighted by Crippen LogP contribution is 2.36. The summed E-state index contributed by atoms with van der Waals surface area (Å²) in [6, 6.07) is 9.41. The number of ether oxygens (including phenoxy) is 3. The molecule has 13 nitrogen and oxygen atoms in total. The van der Waals surface area contributed by atoms with Gasteiger partial charge in [0.25, 0.3) is 10.0 Å². The van der Waals surface area contributed by atoms with Gasteiger partial charge in [0.05, 0.1) is 57.4 Å². The van der Waals surface area contributed by atoms with Crippen LogP contribution in [0.2, 0.25) is 0 Å². The highest BCUT2D eigenvalue weighted by atomic mass is 32.2. The van der Waals surface area contributed by atoms with Crippen LogP contribution in [0.3, 0.4) is 0 Å². The molecular formula is C27H28N6O7S. The number of amides is 1. The summed E-state index contributed by atoms with van der Waals surface area (Å²) in [6.07, 6.45) is 1.34. The maximum Gasteiger partial charge on any atom is 0.410 e. The third kappa shape index (κ3) is 5.48. The smallest absolute Gasteiger partial charge is 0.410 e. The summed E-state index contributed by atoms with van der Waals surface area (Å²) in [5, 5.41) is 17.9. The molecule has 0 bridgehead atoms. The van der Waals surface area contributed by atoms with Gasteiger partial charge in [-0.15, -0.1) is 0 Å². The number of nitriles is 1. The Morgan fingerprint density at radius 3 is 2.59 bits per heavy atom. The molecule has 14 heteroatoms. The highest BCUT2D eigenvalue weighted by Gasteiger charge is 2.31. The van der Waals surface area contributed by atoms with Crippen LogP contribution < -0.4 is 14.2 Å². The fourth-order valence-electron chi connectivity index (χ4n) is 4.53. The summed E-state index contributed by atoms with van der Waals surface area (Å²) >= 11 is 0. The van der Waals surface area contributed by atoms with Crippen LogP contribution in [0.5, 0.6) is 11.5 Å². The fraction of sp³-hybridized carbons (Fsp3) is 0.333. The number of methoxy groups -OCH3 is 2. The molecule has 2 aromatic heterocycles. The van der Waals surface area contributed by atoms with E-state index in [0.29, 0.717) is 36.4 Å². The molecule has 0 fully saturated rings. The Bertz CT molecular complexity index is 1800. The topological polar surface area (TPSA) is 162 Å². The monoisotopic (exact) mass is 580 g/mol. The average Bonchev–Trinajstić information content (AvgIpc) is 3.62. The number of hydrogen-bond acceptors (Lipinski definition) is 10. The van der Waals surface area contributed by atoms with E-state index < -0.39 is 21.7 Å². The lowest BCUT2D eigenvalue weighted by Gasteiger charge is -2.24. The van der Waals surface area contributed by atoms with E-state index >= 15 is 0 Å². The predicted molar refractivity (Wildman–Crippen MR) is 146 cm³/mol. The number of sulfonamides is 1. The van der Waals surface area contributed by atoms with Gasteiger partial charge < -0.3 is 18.7 Å². The SMILES string of the molecule is COc1cc(C#N)ccc1S(=O)(=O)Nc1noc2cc(Cn3ncc4c3CN(C(=O)OC(C)(C)C)C4)cc(OC)c12. The van der Waals surface area contributed by atoms with Crippen LogP contribution in [0.4, 0.5) is 10.6 Å². The van der Waals surface area contributed by atoms with Crippen molar-refractivity contribution in [3.8, 4) is 17.6 Å². The number of nitrogens with one attached hydrogen (secondary N) is 1. The lowest BCUT2D eigenvalue weighted by Crippen LogP contribution is -2.33. The van der Waals surface area contributed by atoms with E-state index in [1.54, 1.807) is 27.9 Å². The molecule has 41 heavy (non-hydrogen) atoms. The van der Waals surface area contributed by atoms with Gasteiger partial charge in [0.2, 0.25) is 0 Å². The van der Waals surface area contributed by atoms with Crippen LogP contribution in [-0.2, 0) is 34.4 Å². The first-order chi connectivity index (χ1) is 19.4. The minimum Gasteiger partial charge on any atom is -0.496 e. The number of carbonyl (C=O) groups excluding carboxylic acids is 1. The van der Waals surface area contributed by atoms with E-state index in [4.69, 9.17) is 24.0 Å². The van der Waals surface area contributed by atoms with Crippen molar-refractivity contribution in [3.63, 3.8) is 0 Å². The van der Waals surface area contributed by atoms with Gasteiger partial charge in [-0.2, -0.15) is 10.4 Å². The van der Waals surface area contributed by atoms with Crippen molar-refractivity contribution in [1.29, 1.82) is 5.26 Å². The van der Waals surface area contributed by atoms with Crippen LogP contribution in [-0.4, -0.2) is 54.2 Å². The molecule has 0 unspecified atom stereocenters. The normalized spacial score (nSPS) is 13.1. The molecule has 0 atom stereocenters. The second-order valence-electron chi connectivity index (χ2n) is 10.4. The summed E-state index contributed by atoms with van der Waals surface area (Å²) in [4.78, 5) is 14.0. The van der Waals surface area contributed by atoms with Crippen molar-refractivity contribution >= 4 is 32.9 Å². The molecule has 0 spiro atoms. The van der Waals surface area contributed by atoms with Crippen LogP contribution in [0.25, 0.3) is 11.0 Å². The molecule has 1 amide bonds. The highest BCUT2D eigenvalue weighted by molar-refractivity contribution is 7.92. The number of carbonyl (C=O) groups is 1. The third-order valence-corrected chi connectivity index (χ3v) is 7.73. The van der Waals surface area contributed by atoms with Crippen molar-refractivity contribution in [3.05, 3.63) is 58.9 Å². The molecule has 5 rings (SSSR count). The number of benzene rings is 2. The lowest BCUT2D eigenvalue weighted by molar-refractivity contribution is 0.0238. The summed E-state index contributed by atoms with van der Waals surface area (Å²) in [5.74, 6) is 0.279. The Morgan fingerprint density at radius 1 is 1.15 bits per heavy atom. The Morgan fingerprint density at radius 2 is 1.90 bits per heavy atom. The number of fused-ring (bicyclic) bond motifs is 2. The van der Waals surface area contributed by atoms with Crippen LogP contribution >= 0.6 is 0 Å². The zero-order valence-corrected chi connectivity index (χ0v) is 23.9. The lowest BCUT2D eigenvalue weighted by atomic mass is 10.1. The number of nitrogens with zero attached hydrogens (tertiary/aromatic N) is 5. The summed E-state index contributed by atoms with van der Waals surface area (Å²) < 4.78 is 52.4. The second-order valence-corrected chi connectivity index (χ2v) is 12.0. The van der Waals surface area contributed by atoms with Gasteiger partial charge >= 0.3 is 6.09 Å². The van der Waals surface area contributed by atoms with E-state index in [1.807, 2.05) is 26.8 Å². The average molecular weight is 581 g/mol. The van der Waals surface area contributed by atoms with Crippen LogP contribution in [0, 0.1) is 11.3 Å². The van der Waals surface area contributed by atoms with Gasteiger partial charge in [0.1, 0.15) is 27.4 Å². The number of hydrogen-bond donors (Lipinski definition) is 1. The van der Waals surface area contributed by atoms with Gasteiger partial charge in [-0.25, -0.2) is 13.2 Å². The van der Waals surface area contributed by atoms with Gasteiger partial charge in [0, 0.05) is 5.56 Å². The number of anilines is 1. The van der Waals surface area contributed by atoms with E-state index in [2.05, 4.69) is 15.0 Å². The standard InChI is InChI=1S/C27H28N6O7S/c1-27(2,3)39-26(34)32-14-18-12-29-33(19(18)15-32)13-17-9-21(38-5)24-22(10-17)40-30-25(24)31-41(35,36)23-7-6-16(11-28)8-20(23)37-4/h6-10,12H,13-15H2,1-5H3,(H,30,31). The molecule has 3 heterocycles. The largest absolute Gasteiger partial charge is 0.496 e. The van der Waals surface area contributed by atoms with E-state index in [-0.39, 0.29) is 22.0 Å². The Balaban J connectivity index is 1.40. The maximum absolute atomic E-state index is 13.2. The van der Waals surface area contributed by atoms with Gasteiger partial charge in [-0.3, -0.25) is 14.3 Å². The Hall–Kier alpha value is -4.77. The molecule has 4 aromatic rings. The summed E-state index contributed by atoms with van der Waals surface area (Å²) in [6.45, 7) is 6.57. The van der Waals surface area contributed by atoms with E-state index in [0.717, 1.165) is 16.8 Å².